The number of hydrogen-bond acceptors (Lipinski definition) is 4. The fourth-order valence-corrected chi connectivity index (χ4v) is 4.51. The van der Waals surface area contributed by atoms with Crippen molar-refractivity contribution in [3.05, 3.63) is 106 Å². The van der Waals surface area contributed by atoms with Crippen LogP contribution in [0.2, 0.25) is 0 Å². The summed E-state index contributed by atoms with van der Waals surface area (Å²) in [5.74, 6) is -0.503. The maximum atomic E-state index is 13.3. The molecule has 0 aromatic heterocycles. The number of carbonyl (C=O) groups excluding carboxylic acids is 2. The summed E-state index contributed by atoms with van der Waals surface area (Å²) in [6.45, 7) is 8.34. The fraction of sp³-hybridized carbons (Fsp3) is 0.267. The first-order valence-corrected chi connectivity index (χ1v) is 11.8. The molecule has 0 radical (unpaired) electrons. The summed E-state index contributed by atoms with van der Waals surface area (Å²) in [4.78, 5) is 28.2. The maximum absolute atomic E-state index is 13.3. The Hall–Kier alpha value is -3.86. The largest absolute Gasteiger partial charge is 0.507 e. The van der Waals surface area contributed by atoms with Gasteiger partial charge in [0.05, 0.1) is 25.3 Å². The zero-order valence-electron chi connectivity index (χ0n) is 20.8. The molecule has 1 amide bonds. The van der Waals surface area contributed by atoms with Crippen molar-refractivity contribution in [3.63, 3.8) is 0 Å². The van der Waals surface area contributed by atoms with Gasteiger partial charge in [-0.1, -0.05) is 68.4 Å². The smallest absolute Gasteiger partial charge is 0.295 e. The SMILES string of the molecule is COc1ccccc1CN1C(=O)C(=O)/C(=C(\O)c2ccc(C)c(C)c2)C1c1ccc(C(C)C)cc1. The van der Waals surface area contributed by atoms with Gasteiger partial charge in [0.1, 0.15) is 11.5 Å². The molecule has 0 spiro atoms. The molecular formula is C30H31NO4. The highest BCUT2D eigenvalue weighted by Crippen LogP contribution is 2.41. The molecule has 1 N–H and O–H groups in total. The lowest BCUT2D eigenvalue weighted by Crippen LogP contribution is -2.29. The first-order valence-electron chi connectivity index (χ1n) is 11.8. The maximum Gasteiger partial charge on any atom is 0.295 e. The molecular weight excluding hydrogens is 438 g/mol. The van der Waals surface area contributed by atoms with Gasteiger partial charge in [-0.2, -0.15) is 0 Å². The van der Waals surface area contributed by atoms with Gasteiger partial charge in [0.15, 0.2) is 0 Å². The second-order valence-corrected chi connectivity index (χ2v) is 9.36. The molecule has 35 heavy (non-hydrogen) atoms. The van der Waals surface area contributed by atoms with Crippen molar-refractivity contribution in [1.29, 1.82) is 0 Å². The second-order valence-electron chi connectivity index (χ2n) is 9.36. The number of aliphatic hydroxyl groups excluding tert-OH is 1. The minimum atomic E-state index is -0.720. The molecule has 1 heterocycles. The van der Waals surface area contributed by atoms with Crippen LogP contribution in [0, 0.1) is 13.8 Å². The summed E-state index contributed by atoms with van der Waals surface area (Å²) in [7, 11) is 1.58. The first kappa shape index (κ1) is 24.3. The Morgan fingerprint density at radius 2 is 1.66 bits per heavy atom. The summed E-state index contributed by atoms with van der Waals surface area (Å²) < 4.78 is 5.48. The fourth-order valence-electron chi connectivity index (χ4n) is 4.51. The van der Waals surface area contributed by atoms with Gasteiger partial charge in [-0.25, -0.2) is 0 Å². The number of rotatable bonds is 6. The van der Waals surface area contributed by atoms with Gasteiger partial charge in [-0.15, -0.1) is 0 Å². The first-order chi connectivity index (χ1) is 16.7. The summed E-state index contributed by atoms with van der Waals surface area (Å²) in [5.41, 5.74) is 5.41. The number of carbonyl (C=O) groups is 2. The number of aliphatic hydroxyl groups is 1. The third-order valence-corrected chi connectivity index (χ3v) is 6.77. The molecule has 3 aromatic carbocycles. The number of ether oxygens (including phenoxy) is 1. The van der Waals surface area contributed by atoms with Crippen molar-refractivity contribution in [2.24, 2.45) is 0 Å². The van der Waals surface area contributed by atoms with E-state index in [1.807, 2.05) is 74.5 Å². The van der Waals surface area contributed by atoms with E-state index in [-0.39, 0.29) is 17.9 Å². The number of benzene rings is 3. The molecule has 0 bridgehead atoms. The Balaban J connectivity index is 1.88. The highest BCUT2D eigenvalue weighted by atomic mass is 16.5. The Morgan fingerprint density at radius 1 is 0.971 bits per heavy atom. The highest BCUT2D eigenvalue weighted by molar-refractivity contribution is 6.46. The van der Waals surface area contributed by atoms with Gasteiger partial charge >= 0.3 is 0 Å². The van der Waals surface area contributed by atoms with Crippen LogP contribution >= 0.6 is 0 Å². The van der Waals surface area contributed by atoms with E-state index in [1.54, 1.807) is 13.2 Å². The number of hydrogen-bond donors (Lipinski definition) is 1. The molecule has 4 rings (SSSR count). The molecule has 3 aromatic rings. The van der Waals surface area contributed by atoms with Gasteiger partial charge in [0, 0.05) is 11.1 Å². The van der Waals surface area contributed by atoms with Crippen molar-refractivity contribution in [2.45, 2.75) is 46.2 Å². The third kappa shape index (κ3) is 4.59. The number of likely N-dealkylation sites (tertiary alicyclic amines) is 1. The number of nitrogens with zero attached hydrogens (tertiary/aromatic N) is 1. The van der Waals surface area contributed by atoms with Crippen LogP contribution in [0.5, 0.6) is 5.75 Å². The number of ketones is 1. The molecule has 0 saturated carbocycles. The van der Waals surface area contributed by atoms with Gasteiger partial charge in [-0.3, -0.25) is 9.59 Å². The lowest BCUT2D eigenvalue weighted by molar-refractivity contribution is -0.140. The molecule has 1 fully saturated rings. The van der Waals surface area contributed by atoms with Crippen LogP contribution in [0.3, 0.4) is 0 Å². The molecule has 1 atom stereocenters. The van der Waals surface area contributed by atoms with Crippen LogP contribution in [0.25, 0.3) is 5.76 Å². The van der Waals surface area contributed by atoms with E-state index in [0.29, 0.717) is 17.2 Å². The summed E-state index contributed by atoms with van der Waals surface area (Å²) in [6, 6.07) is 20.1. The molecule has 1 aliphatic heterocycles. The quantitative estimate of drug-likeness (QED) is 0.271. The van der Waals surface area contributed by atoms with E-state index in [1.165, 1.54) is 4.90 Å². The van der Waals surface area contributed by atoms with Gasteiger partial charge in [-0.05, 0) is 54.2 Å². The lowest BCUT2D eigenvalue weighted by Gasteiger charge is -2.26. The average Bonchev–Trinajstić information content (AvgIpc) is 3.10. The van der Waals surface area contributed by atoms with Crippen LogP contribution in [-0.2, 0) is 16.1 Å². The molecule has 5 heteroatoms. The van der Waals surface area contributed by atoms with Crippen LogP contribution in [0.1, 0.15) is 59.2 Å². The van der Waals surface area contributed by atoms with Crippen LogP contribution < -0.4 is 4.74 Å². The molecule has 180 valence electrons. The van der Waals surface area contributed by atoms with Crippen LogP contribution in [-0.4, -0.2) is 28.8 Å². The topological polar surface area (TPSA) is 66.8 Å². The van der Waals surface area contributed by atoms with E-state index in [4.69, 9.17) is 4.74 Å². The number of para-hydroxylation sites is 1. The summed E-state index contributed by atoms with van der Waals surface area (Å²) in [6.07, 6.45) is 0. The van der Waals surface area contributed by atoms with Gasteiger partial charge in [0.2, 0.25) is 0 Å². The van der Waals surface area contributed by atoms with Crippen molar-refractivity contribution < 1.29 is 19.4 Å². The van der Waals surface area contributed by atoms with Crippen molar-refractivity contribution in [1.82, 2.24) is 4.90 Å². The number of methoxy groups -OCH3 is 1. The van der Waals surface area contributed by atoms with Crippen LogP contribution in [0.4, 0.5) is 0 Å². The standard InChI is InChI=1S/C30H31NO4/c1-18(2)21-12-14-22(15-13-21)27-26(28(32)23-11-10-19(3)20(4)16-23)29(33)30(34)31(27)17-24-8-6-7-9-25(24)35-5/h6-16,18,27,32H,17H2,1-5H3/b28-26-. The molecule has 1 unspecified atom stereocenters. The average molecular weight is 470 g/mol. The van der Waals surface area contributed by atoms with E-state index in [2.05, 4.69) is 13.8 Å². The van der Waals surface area contributed by atoms with Crippen molar-refractivity contribution in [3.8, 4) is 5.75 Å². The monoisotopic (exact) mass is 469 g/mol. The number of amides is 1. The Morgan fingerprint density at radius 3 is 2.29 bits per heavy atom. The minimum Gasteiger partial charge on any atom is -0.507 e. The molecule has 5 nitrogen and oxygen atoms in total. The number of Topliss-reactive ketones (excluding diaryl/α,β-unsaturated/α-hetero) is 1. The minimum absolute atomic E-state index is 0.102. The van der Waals surface area contributed by atoms with Crippen molar-refractivity contribution in [2.75, 3.05) is 7.11 Å². The summed E-state index contributed by atoms with van der Waals surface area (Å²) in [5, 5.41) is 11.3. The summed E-state index contributed by atoms with van der Waals surface area (Å²) >= 11 is 0. The highest BCUT2D eigenvalue weighted by Gasteiger charge is 2.46. The second kappa shape index (κ2) is 9.79. The van der Waals surface area contributed by atoms with E-state index < -0.39 is 17.7 Å². The van der Waals surface area contributed by atoms with Crippen molar-refractivity contribution >= 4 is 17.4 Å². The number of aryl methyl sites for hydroxylation is 2. The Labute approximate surface area is 206 Å². The van der Waals surface area contributed by atoms with Gasteiger partial charge in [0.25, 0.3) is 11.7 Å². The Bertz CT molecular complexity index is 1300. The molecule has 1 saturated heterocycles. The normalized spacial score (nSPS) is 17.3. The predicted molar refractivity (Wildman–Crippen MR) is 137 cm³/mol. The zero-order chi connectivity index (χ0) is 25.3. The lowest BCUT2D eigenvalue weighted by atomic mass is 9.92. The molecule has 1 aliphatic rings. The third-order valence-electron chi connectivity index (χ3n) is 6.77. The van der Waals surface area contributed by atoms with E-state index in [0.717, 1.165) is 27.8 Å². The van der Waals surface area contributed by atoms with E-state index >= 15 is 0 Å². The zero-order valence-corrected chi connectivity index (χ0v) is 20.8. The van der Waals surface area contributed by atoms with Crippen LogP contribution in [0.15, 0.2) is 72.3 Å². The van der Waals surface area contributed by atoms with E-state index in [9.17, 15) is 14.7 Å². The Kier molecular flexibility index (Phi) is 6.79. The molecule has 0 aliphatic carbocycles. The predicted octanol–water partition coefficient (Wildman–Crippen LogP) is 6.06. The van der Waals surface area contributed by atoms with Gasteiger partial charge < -0.3 is 14.7 Å².